The Hall–Kier alpha value is -4.46. The van der Waals surface area contributed by atoms with Gasteiger partial charge in [0.15, 0.2) is 5.78 Å². The van der Waals surface area contributed by atoms with Crippen LogP contribution in [-0.4, -0.2) is 43.6 Å². The molecule has 0 heterocycles. The zero-order chi connectivity index (χ0) is 26.6. The van der Waals surface area contributed by atoms with E-state index in [-0.39, 0.29) is 31.6 Å². The van der Waals surface area contributed by atoms with E-state index in [9.17, 15) is 19.2 Å². The molecule has 8 heteroatoms. The molecular weight excluding hydrogens is 472 g/mol. The summed E-state index contributed by atoms with van der Waals surface area (Å²) in [5.41, 5.74) is 1.93. The Morgan fingerprint density at radius 3 is 2.05 bits per heavy atom. The first-order valence-corrected chi connectivity index (χ1v) is 11.9. The molecule has 0 aromatic heterocycles. The summed E-state index contributed by atoms with van der Waals surface area (Å²) in [5, 5.41) is 5.26. The molecule has 8 nitrogen and oxygen atoms in total. The maximum atomic E-state index is 13.0. The number of carbonyl (C=O) groups excluding carboxylic acids is 4. The van der Waals surface area contributed by atoms with Crippen molar-refractivity contribution in [2.75, 3.05) is 14.2 Å². The van der Waals surface area contributed by atoms with Gasteiger partial charge in [0.2, 0.25) is 11.7 Å². The maximum Gasteiger partial charge on any atom is 0.289 e. The lowest BCUT2D eigenvalue weighted by Gasteiger charge is -2.18. The minimum absolute atomic E-state index is 0.109. The summed E-state index contributed by atoms with van der Waals surface area (Å²) in [7, 11) is 2.94. The van der Waals surface area contributed by atoms with Gasteiger partial charge < -0.3 is 20.1 Å². The van der Waals surface area contributed by atoms with E-state index in [1.54, 1.807) is 18.2 Å². The fraction of sp³-hybridized carbons (Fsp3) is 0.241. The number of hydrogen-bond donors (Lipinski definition) is 2. The van der Waals surface area contributed by atoms with Crippen LogP contribution in [0.3, 0.4) is 0 Å². The highest BCUT2D eigenvalue weighted by Crippen LogP contribution is 2.25. The second-order valence-corrected chi connectivity index (χ2v) is 8.33. The first kappa shape index (κ1) is 27.1. The van der Waals surface area contributed by atoms with Crippen molar-refractivity contribution in [3.05, 3.63) is 95.6 Å². The van der Waals surface area contributed by atoms with Crippen LogP contribution in [0.15, 0.2) is 78.9 Å². The van der Waals surface area contributed by atoms with Crippen LogP contribution < -0.4 is 20.1 Å². The first-order chi connectivity index (χ1) is 17.9. The molecule has 0 saturated carbocycles. The summed E-state index contributed by atoms with van der Waals surface area (Å²) >= 11 is 0. The fourth-order valence-corrected chi connectivity index (χ4v) is 3.74. The van der Waals surface area contributed by atoms with E-state index in [0.717, 1.165) is 11.1 Å². The molecule has 0 fully saturated rings. The van der Waals surface area contributed by atoms with Crippen LogP contribution in [-0.2, 0) is 27.3 Å². The molecule has 192 valence electrons. The van der Waals surface area contributed by atoms with E-state index >= 15 is 0 Å². The molecule has 2 amide bonds. The zero-order valence-electron chi connectivity index (χ0n) is 20.9. The normalized spacial score (nSPS) is 11.2. The van der Waals surface area contributed by atoms with Gasteiger partial charge in [-0.3, -0.25) is 19.2 Å². The lowest BCUT2D eigenvalue weighted by atomic mass is 10.0. The van der Waals surface area contributed by atoms with Gasteiger partial charge in [0.1, 0.15) is 17.5 Å². The predicted molar refractivity (Wildman–Crippen MR) is 138 cm³/mol. The smallest absolute Gasteiger partial charge is 0.289 e. The second-order valence-electron chi connectivity index (χ2n) is 8.33. The Balaban J connectivity index is 1.65. The number of methoxy groups -OCH3 is 2. The number of ketones is 2. The third kappa shape index (κ3) is 8.03. The molecule has 0 bridgehead atoms. The largest absolute Gasteiger partial charge is 0.497 e. The Bertz CT molecular complexity index is 1230. The molecular formula is C29H30N2O6. The van der Waals surface area contributed by atoms with E-state index in [4.69, 9.17) is 9.47 Å². The molecule has 0 unspecified atom stereocenters. The molecule has 3 aromatic rings. The van der Waals surface area contributed by atoms with Gasteiger partial charge in [-0.05, 0) is 29.3 Å². The molecule has 0 radical (unpaired) electrons. The molecule has 3 aromatic carbocycles. The van der Waals surface area contributed by atoms with Crippen LogP contribution in [0.4, 0.5) is 0 Å². The van der Waals surface area contributed by atoms with Crippen molar-refractivity contribution in [1.82, 2.24) is 10.6 Å². The second kappa shape index (κ2) is 13.6. The van der Waals surface area contributed by atoms with Crippen molar-refractivity contribution >= 4 is 23.4 Å². The van der Waals surface area contributed by atoms with Gasteiger partial charge in [-0.2, -0.15) is 0 Å². The number of ether oxygens (including phenoxy) is 2. The van der Waals surface area contributed by atoms with Gasteiger partial charge in [0.25, 0.3) is 5.91 Å². The van der Waals surface area contributed by atoms with E-state index in [1.807, 2.05) is 60.7 Å². The average Bonchev–Trinajstić information content (AvgIpc) is 2.94. The Labute approximate surface area is 216 Å². The first-order valence-electron chi connectivity index (χ1n) is 11.9. The van der Waals surface area contributed by atoms with Gasteiger partial charge >= 0.3 is 0 Å². The molecule has 37 heavy (non-hydrogen) atoms. The van der Waals surface area contributed by atoms with Gasteiger partial charge in [-0.15, -0.1) is 0 Å². The number of Topliss-reactive ketones (excluding diaryl/α,β-unsaturated/α-hetero) is 2. The van der Waals surface area contributed by atoms with Crippen molar-refractivity contribution in [3.8, 4) is 11.5 Å². The minimum atomic E-state index is -1.08. The van der Waals surface area contributed by atoms with Crippen molar-refractivity contribution in [2.45, 2.75) is 31.8 Å². The molecule has 0 spiro atoms. The number of rotatable bonds is 13. The molecule has 0 aliphatic rings. The summed E-state index contributed by atoms with van der Waals surface area (Å²) < 4.78 is 10.4. The molecule has 0 aliphatic carbocycles. The maximum absolute atomic E-state index is 13.0. The van der Waals surface area contributed by atoms with E-state index in [0.29, 0.717) is 17.1 Å². The van der Waals surface area contributed by atoms with Crippen molar-refractivity contribution < 1.29 is 28.7 Å². The number of amides is 2. The Morgan fingerprint density at radius 2 is 1.43 bits per heavy atom. The van der Waals surface area contributed by atoms with Gasteiger partial charge in [0.05, 0.1) is 19.8 Å². The van der Waals surface area contributed by atoms with Crippen LogP contribution in [0, 0.1) is 0 Å². The lowest BCUT2D eigenvalue weighted by molar-refractivity contribution is -0.140. The van der Waals surface area contributed by atoms with Crippen LogP contribution in [0.5, 0.6) is 11.5 Å². The number of nitrogens with one attached hydrogen (secondary N) is 2. The molecule has 1 atom stereocenters. The zero-order valence-corrected chi connectivity index (χ0v) is 20.9. The highest BCUT2D eigenvalue weighted by atomic mass is 16.5. The monoisotopic (exact) mass is 502 g/mol. The molecule has 3 rings (SSSR count). The van der Waals surface area contributed by atoms with Crippen molar-refractivity contribution in [2.24, 2.45) is 0 Å². The lowest BCUT2D eigenvalue weighted by Crippen LogP contribution is -2.48. The van der Waals surface area contributed by atoms with Crippen LogP contribution >= 0.6 is 0 Å². The van der Waals surface area contributed by atoms with E-state index in [1.165, 1.54) is 14.2 Å². The summed E-state index contributed by atoms with van der Waals surface area (Å²) in [6.45, 7) is 0.189. The predicted octanol–water partition coefficient (Wildman–Crippen LogP) is 3.28. The van der Waals surface area contributed by atoms with E-state index < -0.39 is 23.6 Å². The highest BCUT2D eigenvalue weighted by molar-refractivity contribution is 6.38. The van der Waals surface area contributed by atoms with Gasteiger partial charge in [0, 0.05) is 25.8 Å². The van der Waals surface area contributed by atoms with Crippen molar-refractivity contribution in [1.29, 1.82) is 0 Å². The van der Waals surface area contributed by atoms with Crippen molar-refractivity contribution in [3.63, 3.8) is 0 Å². The Morgan fingerprint density at radius 1 is 0.784 bits per heavy atom. The Kier molecular flexibility index (Phi) is 9.96. The third-order valence-electron chi connectivity index (χ3n) is 5.74. The molecule has 0 aliphatic heterocycles. The van der Waals surface area contributed by atoms with Crippen LogP contribution in [0.25, 0.3) is 0 Å². The number of carbonyl (C=O) groups is 4. The van der Waals surface area contributed by atoms with Crippen LogP contribution in [0.1, 0.15) is 34.3 Å². The highest BCUT2D eigenvalue weighted by Gasteiger charge is 2.27. The van der Waals surface area contributed by atoms with Gasteiger partial charge in [-0.1, -0.05) is 60.7 Å². The summed E-state index contributed by atoms with van der Waals surface area (Å²) in [6, 6.07) is 22.1. The average molecular weight is 503 g/mol. The minimum Gasteiger partial charge on any atom is -0.497 e. The SMILES string of the molecule is COc1ccc(OC)c(C(=O)CCC(=O)N[C@@H](Cc2ccccc2)C(=O)C(=O)NCc2ccccc2)c1. The third-order valence-corrected chi connectivity index (χ3v) is 5.74. The summed E-state index contributed by atoms with van der Waals surface area (Å²) in [6.07, 6.45) is -0.132. The summed E-state index contributed by atoms with van der Waals surface area (Å²) in [4.78, 5) is 51.2. The quantitative estimate of drug-likeness (QED) is 0.274. The molecule has 0 saturated heterocycles. The van der Waals surface area contributed by atoms with Crippen LogP contribution in [0.2, 0.25) is 0 Å². The standard InChI is InChI=1S/C29H30N2O6/c1-36-22-13-15-26(37-2)23(18-22)25(32)14-16-27(33)31-24(17-20-9-5-3-6-10-20)28(34)29(35)30-19-21-11-7-4-8-12-21/h3-13,15,18,24H,14,16-17,19H2,1-2H3,(H,30,35)(H,31,33)/t24-/m0/s1. The van der Waals surface area contributed by atoms with E-state index in [2.05, 4.69) is 10.6 Å². The van der Waals surface area contributed by atoms with Gasteiger partial charge in [-0.25, -0.2) is 0 Å². The number of benzene rings is 3. The fourth-order valence-electron chi connectivity index (χ4n) is 3.74. The molecule has 2 N–H and O–H groups in total. The summed E-state index contributed by atoms with van der Waals surface area (Å²) in [5.74, 6) is -1.50. The topological polar surface area (TPSA) is 111 Å². The number of hydrogen-bond acceptors (Lipinski definition) is 6.